The van der Waals surface area contributed by atoms with Crippen molar-refractivity contribution in [3.05, 3.63) is 12.2 Å². The molecule has 2 nitrogen and oxygen atoms in total. The van der Waals surface area contributed by atoms with Crippen LogP contribution in [0.1, 0.15) is 19.8 Å². The molecular weight excluding hydrogens is 162 g/mol. The Morgan fingerprint density at radius 1 is 1.46 bits per heavy atom. The molecule has 0 aromatic carbocycles. The third-order valence-electron chi connectivity index (χ3n) is 3.08. The number of hydrogen-bond donors (Lipinski definition) is 0. The third-order valence-corrected chi connectivity index (χ3v) is 3.08. The molecule has 2 aliphatic rings. The van der Waals surface area contributed by atoms with E-state index in [9.17, 15) is 0 Å². The van der Waals surface area contributed by atoms with Crippen LogP contribution in [-0.4, -0.2) is 37.7 Å². The number of hydrogen-bond acceptors (Lipinski definition) is 2. The van der Waals surface area contributed by atoms with Crippen LogP contribution < -0.4 is 0 Å². The van der Waals surface area contributed by atoms with Gasteiger partial charge in [0.15, 0.2) is 0 Å². The largest absolute Gasteiger partial charge is 0.379 e. The van der Waals surface area contributed by atoms with E-state index in [2.05, 4.69) is 24.0 Å². The molecule has 0 radical (unpaired) electrons. The second-order valence-corrected chi connectivity index (χ2v) is 4.36. The van der Waals surface area contributed by atoms with E-state index in [0.29, 0.717) is 5.41 Å². The summed E-state index contributed by atoms with van der Waals surface area (Å²) in [6.07, 6.45) is 7.12. The SMILES string of the molecule is C/C=C/CN1CCOCC2(CC2)C1. The van der Waals surface area contributed by atoms with E-state index in [-0.39, 0.29) is 0 Å². The monoisotopic (exact) mass is 181 g/mol. The maximum absolute atomic E-state index is 5.62. The van der Waals surface area contributed by atoms with Crippen molar-refractivity contribution in [2.45, 2.75) is 19.8 Å². The van der Waals surface area contributed by atoms with Crippen molar-refractivity contribution < 1.29 is 4.74 Å². The molecule has 1 aliphatic carbocycles. The molecule has 0 aromatic heterocycles. The Bertz CT molecular complexity index is 196. The number of ether oxygens (including phenoxy) is 1. The Balaban J connectivity index is 1.87. The number of allylic oxidation sites excluding steroid dienone is 1. The minimum Gasteiger partial charge on any atom is -0.379 e. The molecule has 1 aliphatic heterocycles. The Kier molecular flexibility index (Phi) is 2.70. The molecular formula is C11H19NO. The lowest BCUT2D eigenvalue weighted by Crippen LogP contribution is -2.30. The lowest BCUT2D eigenvalue weighted by Gasteiger charge is -2.21. The van der Waals surface area contributed by atoms with E-state index in [1.165, 1.54) is 19.4 Å². The summed E-state index contributed by atoms with van der Waals surface area (Å²) in [5.74, 6) is 0. The summed E-state index contributed by atoms with van der Waals surface area (Å²) in [5, 5.41) is 0. The Morgan fingerprint density at radius 2 is 2.31 bits per heavy atom. The molecule has 0 amide bonds. The van der Waals surface area contributed by atoms with Crippen LogP contribution in [0.2, 0.25) is 0 Å². The average molecular weight is 181 g/mol. The van der Waals surface area contributed by atoms with Gasteiger partial charge in [-0.1, -0.05) is 12.2 Å². The summed E-state index contributed by atoms with van der Waals surface area (Å²) in [4.78, 5) is 2.51. The maximum atomic E-state index is 5.62. The van der Waals surface area contributed by atoms with Gasteiger partial charge in [-0.05, 0) is 19.8 Å². The van der Waals surface area contributed by atoms with E-state index in [1.807, 2.05) is 0 Å². The van der Waals surface area contributed by atoms with Gasteiger partial charge in [0.25, 0.3) is 0 Å². The second kappa shape index (κ2) is 3.81. The fourth-order valence-corrected chi connectivity index (χ4v) is 1.97. The molecule has 2 heteroatoms. The van der Waals surface area contributed by atoms with Crippen LogP contribution in [0.4, 0.5) is 0 Å². The highest BCUT2D eigenvalue weighted by atomic mass is 16.5. The first-order chi connectivity index (χ1) is 6.35. The van der Waals surface area contributed by atoms with Gasteiger partial charge in [0.2, 0.25) is 0 Å². The van der Waals surface area contributed by atoms with Gasteiger partial charge >= 0.3 is 0 Å². The molecule has 1 heterocycles. The molecule has 0 bridgehead atoms. The fraction of sp³-hybridized carbons (Fsp3) is 0.818. The highest BCUT2D eigenvalue weighted by molar-refractivity contribution is 4.97. The number of nitrogens with zero attached hydrogens (tertiary/aromatic N) is 1. The summed E-state index contributed by atoms with van der Waals surface area (Å²) in [6.45, 7) is 7.45. The molecule has 2 rings (SSSR count). The molecule has 13 heavy (non-hydrogen) atoms. The topological polar surface area (TPSA) is 12.5 Å². The van der Waals surface area contributed by atoms with Crippen molar-refractivity contribution in [1.29, 1.82) is 0 Å². The van der Waals surface area contributed by atoms with Crippen LogP contribution >= 0.6 is 0 Å². The van der Waals surface area contributed by atoms with Crippen molar-refractivity contribution in [3.8, 4) is 0 Å². The van der Waals surface area contributed by atoms with Crippen molar-refractivity contribution in [2.75, 3.05) is 32.8 Å². The normalized spacial score (nSPS) is 28.1. The minimum absolute atomic E-state index is 0.554. The van der Waals surface area contributed by atoms with Crippen LogP contribution in [-0.2, 0) is 4.74 Å². The fourth-order valence-electron chi connectivity index (χ4n) is 1.97. The summed E-state index contributed by atoms with van der Waals surface area (Å²) < 4.78 is 5.62. The lowest BCUT2D eigenvalue weighted by molar-refractivity contribution is 0.115. The lowest BCUT2D eigenvalue weighted by atomic mass is 10.1. The molecule has 0 aromatic rings. The van der Waals surface area contributed by atoms with E-state index in [0.717, 1.165) is 26.3 Å². The van der Waals surface area contributed by atoms with Crippen molar-refractivity contribution >= 4 is 0 Å². The van der Waals surface area contributed by atoms with Gasteiger partial charge in [0.1, 0.15) is 0 Å². The molecule has 0 unspecified atom stereocenters. The van der Waals surface area contributed by atoms with Gasteiger partial charge in [0.05, 0.1) is 13.2 Å². The third kappa shape index (κ3) is 2.32. The first kappa shape index (κ1) is 9.22. The first-order valence-corrected chi connectivity index (χ1v) is 5.26. The van der Waals surface area contributed by atoms with Gasteiger partial charge in [-0.15, -0.1) is 0 Å². The minimum atomic E-state index is 0.554. The van der Waals surface area contributed by atoms with Crippen molar-refractivity contribution in [3.63, 3.8) is 0 Å². The highest BCUT2D eigenvalue weighted by Gasteiger charge is 2.44. The van der Waals surface area contributed by atoms with E-state index >= 15 is 0 Å². The molecule has 74 valence electrons. The first-order valence-electron chi connectivity index (χ1n) is 5.26. The average Bonchev–Trinajstić information content (AvgIpc) is 2.92. The van der Waals surface area contributed by atoms with Gasteiger partial charge in [-0.25, -0.2) is 0 Å². The van der Waals surface area contributed by atoms with Crippen LogP contribution in [0, 0.1) is 5.41 Å². The second-order valence-electron chi connectivity index (χ2n) is 4.36. The predicted molar refractivity (Wildman–Crippen MR) is 53.7 cm³/mol. The summed E-state index contributed by atoms with van der Waals surface area (Å²) >= 11 is 0. The standard InChI is InChI=1S/C11H19NO/c1-2-3-6-12-7-8-13-10-11(9-12)4-5-11/h2-3H,4-10H2,1H3/b3-2+. The van der Waals surface area contributed by atoms with Crippen molar-refractivity contribution in [2.24, 2.45) is 5.41 Å². The summed E-state index contributed by atoms with van der Waals surface area (Å²) in [6, 6.07) is 0. The van der Waals surface area contributed by atoms with Crippen LogP contribution in [0.5, 0.6) is 0 Å². The zero-order valence-electron chi connectivity index (χ0n) is 8.46. The zero-order chi connectivity index (χ0) is 9.15. The summed E-state index contributed by atoms with van der Waals surface area (Å²) in [7, 11) is 0. The van der Waals surface area contributed by atoms with Gasteiger partial charge < -0.3 is 4.74 Å². The van der Waals surface area contributed by atoms with Gasteiger partial charge in [-0.3, -0.25) is 4.90 Å². The molecule has 1 spiro atoms. The van der Waals surface area contributed by atoms with Gasteiger partial charge in [-0.2, -0.15) is 0 Å². The van der Waals surface area contributed by atoms with Crippen molar-refractivity contribution in [1.82, 2.24) is 4.90 Å². The van der Waals surface area contributed by atoms with Crippen LogP contribution in [0.25, 0.3) is 0 Å². The van der Waals surface area contributed by atoms with E-state index < -0.39 is 0 Å². The smallest absolute Gasteiger partial charge is 0.0593 e. The number of rotatable bonds is 2. The quantitative estimate of drug-likeness (QED) is 0.601. The maximum Gasteiger partial charge on any atom is 0.0593 e. The van der Waals surface area contributed by atoms with E-state index in [4.69, 9.17) is 4.74 Å². The van der Waals surface area contributed by atoms with Crippen LogP contribution in [0.15, 0.2) is 12.2 Å². The molecule has 1 saturated heterocycles. The van der Waals surface area contributed by atoms with Gasteiger partial charge in [0, 0.05) is 25.0 Å². The molecule has 0 N–H and O–H groups in total. The highest BCUT2D eigenvalue weighted by Crippen LogP contribution is 2.47. The molecule has 2 fully saturated rings. The summed E-state index contributed by atoms with van der Waals surface area (Å²) in [5.41, 5.74) is 0.554. The Labute approximate surface area is 80.6 Å². The zero-order valence-corrected chi connectivity index (χ0v) is 8.46. The predicted octanol–water partition coefficient (Wildman–Crippen LogP) is 1.67. The Morgan fingerprint density at radius 3 is 3.00 bits per heavy atom. The Hall–Kier alpha value is -0.340. The molecule has 1 saturated carbocycles. The van der Waals surface area contributed by atoms with Crippen LogP contribution in [0.3, 0.4) is 0 Å². The van der Waals surface area contributed by atoms with E-state index in [1.54, 1.807) is 0 Å². The molecule has 0 atom stereocenters.